The van der Waals surface area contributed by atoms with Gasteiger partial charge in [0.05, 0.1) is 4.92 Å². The maximum atomic E-state index is 13.7. The number of carbonyl (C=O) groups is 1. The quantitative estimate of drug-likeness (QED) is 0.369. The minimum absolute atomic E-state index is 0.328. The van der Waals surface area contributed by atoms with Crippen LogP contribution in [-0.4, -0.2) is 43.0 Å². The van der Waals surface area contributed by atoms with E-state index in [-0.39, 0.29) is 0 Å². The van der Waals surface area contributed by atoms with E-state index in [0.717, 1.165) is 12.1 Å². The maximum Gasteiger partial charge on any atom is 0.293 e. The first-order valence-corrected chi connectivity index (χ1v) is 5.87. The molecule has 0 aromatic heterocycles. The first-order valence-electron chi connectivity index (χ1n) is 5.87. The Hall–Kier alpha value is -2.22. The lowest BCUT2D eigenvalue weighted by molar-refractivity contribution is -0.384. The fourth-order valence-electron chi connectivity index (χ4n) is 1.70. The summed E-state index contributed by atoms with van der Waals surface area (Å²) in [6.45, 7) is 0.777. The van der Waals surface area contributed by atoms with E-state index in [1.807, 2.05) is 0 Å². The third-order valence-corrected chi connectivity index (χ3v) is 2.77. The second-order valence-corrected chi connectivity index (χ2v) is 4.19. The lowest BCUT2D eigenvalue weighted by atomic mass is 10.1. The average molecular weight is 285 g/mol. The highest BCUT2D eigenvalue weighted by Gasteiger charge is 2.25. The first-order chi connectivity index (χ1) is 9.40. The van der Waals surface area contributed by atoms with Crippen molar-refractivity contribution in [2.75, 3.05) is 33.0 Å². The van der Waals surface area contributed by atoms with Gasteiger partial charge in [-0.1, -0.05) is 0 Å². The molecule has 1 amide bonds. The van der Waals surface area contributed by atoms with Crippen molar-refractivity contribution in [3.05, 3.63) is 33.6 Å². The first kappa shape index (κ1) is 15.8. The molecule has 0 saturated heterocycles. The molecule has 0 fully saturated rings. The highest BCUT2D eigenvalue weighted by Crippen LogP contribution is 2.28. The number of nitro groups is 1. The number of amides is 1. The summed E-state index contributed by atoms with van der Waals surface area (Å²) in [5.74, 6) is -1.57. The Balaban J connectivity index is 3.03. The third kappa shape index (κ3) is 3.41. The molecule has 0 spiro atoms. The summed E-state index contributed by atoms with van der Waals surface area (Å²) in [7, 11) is 3.00. The maximum absolute atomic E-state index is 13.7. The van der Waals surface area contributed by atoms with Crippen molar-refractivity contribution in [3.8, 4) is 0 Å². The summed E-state index contributed by atoms with van der Waals surface area (Å²) in [5, 5.41) is 10.8. The number of halogens is 1. The monoisotopic (exact) mass is 285 g/mol. The third-order valence-electron chi connectivity index (χ3n) is 2.77. The van der Waals surface area contributed by atoms with Crippen molar-refractivity contribution < 1.29 is 18.8 Å². The summed E-state index contributed by atoms with van der Waals surface area (Å²) in [4.78, 5) is 23.3. The Morgan fingerprint density at radius 3 is 2.75 bits per heavy atom. The van der Waals surface area contributed by atoms with E-state index < -0.39 is 33.6 Å². The lowest BCUT2D eigenvalue weighted by Crippen LogP contribution is -2.30. The Morgan fingerprint density at radius 1 is 1.55 bits per heavy atom. The minimum Gasteiger partial charge on any atom is -0.392 e. The topological polar surface area (TPSA) is 98.7 Å². The SMILES string of the molecule is COCCCN(C)C(=O)c1c(F)ccc([N+](=O)[O-])c1N. The van der Waals surface area contributed by atoms with Gasteiger partial charge < -0.3 is 15.4 Å². The molecule has 0 atom stereocenters. The number of rotatable bonds is 6. The molecule has 1 rings (SSSR count). The van der Waals surface area contributed by atoms with Crippen molar-refractivity contribution in [2.24, 2.45) is 0 Å². The number of nitrogens with two attached hydrogens (primary N) is 1. The van der Waals surface area contributed by atoms with Crippen LogP contribution in [0.4, 0.5) is 15.8 Å². The summed E-state index contributed by atoms with van der Waals surface area (Å²) in [6.07, 6.45) is 0.565. The van der Waals surface area contributed by atoms with Crippen LogP contribution in [0.5, 0.6) is 0 Å². The van der Waals surface area contributed by atoms with Gasteiger partial charge in [-0.2, -0.15) is 0 Å². The van der Waals surface area contributed by atoms with E-state index in [2.05, 4.69) is 0 Å². The van der Waals surface area contributed by atoms with Gasteiger partial charge in [-0.15, -0.1) is 0 Å². The second-order valence-electron chi connectivity index (χ2n) is 4.19. The van der Waals surface area contributed by atoms with Crippen molar-refractivity contribution in [1.29, 1.82) is 0 Å². The fourth-order valence-corrected chi connectivity index (χ4v) is 1.70. The average Bonchev–Trinajstić information content (AvgIpc) is 2.38. The Labute approximate surface area is 115 Å². The van der Waals surface area contributed by atoms with Crippen LogP contribution < -0.4 is 5.73 Å². The number of methoxy groups -OCH3 is 1. The number of nitro benzene ring substituents is 1. The van der Waals surface area contributed by atoms with Crippen LogP contribution in [-0.2, 0) is 4.74 Å². The number of nitrogens with zero attached hydrogens (tertiary/aromatic N) is 2. The smallest absolute Gasteiger partial charge is 0.293 e. The van der Waals surface area contributed by atoms with Gasteiger partial charge in [0.2, 0.25) is 0 Å². The molecule has 0 aliphatic carbocycles. The van der Waals surface area contributed by atoms with Crippen LogP contribution in [0.2, 0.25) is 0 Å². The number of nitrogen functional groups attached to an aromatic ring is 1. The molecule has 0 aliphatic heterocycles. The molecule has 0 bridgehead atoms. The number of anilines is 1. The number of carbonyl (C=O) groups excluding carboxylic acids is 1. The second kappa shape index (κ2) is 6.80. The van der Waals surface area contributed by atoms with Crippen LogP contribution in [0.1, 0.15) is 16.8 Å². The van der Waals surface area contributed by atoms with Gasteiger partial charge >= 0.3 is 0 Å². The highest BCUT2D eigenvalue weighted by atomic mass is 19.1. The van der Waals surface area contributed by atoms with E-state index >= 15 is 0 Å². The molecule has 7 nitrogen and oxygen atoms in total. The van der Waals surface area contributed by atoms with Gasteiger partial charge in [0.25, 0.3) is 11.6 Å². The number of ether oxygens (including phenoxy) is 1. The van der Waals surface area contributed by atoms with Crippen LogP contribution >= 0.6 is 0 Å². The molecule has 0 radical (unpaired) electrons. The highest BCUT2D eigenvalue weighted by molar-refractivity contribution is 6.01. The van der Waals surface area contributed by atoms with Gasteiger partial charge in [-0.05, 0) is 12.5 Å². The number of hydrogen-bond acceptors (Lipinski definition) is 5. The van der Waals surface area contributed by atoms with E-state index in [9.17, 15) is 19.3 Å². The molecule has 0 saturated carbocycles. The normalized spacial score (nSPS) is 10.3. The van der Waals surface area contributed by atoms with Crippen molar-refractivity contribution in [2.45, 2.75) is 6.42 Å². The lowest BCUT2D eigenvalue weighted by Gasteiger charge is -2.18. The molecule has 1 aromatic carbocycles. The zero-order valence-electron chi connectivity index (χ0n) is 11.3. The molecular formula is C12H16FN3O4. The van der Waals surface area contributed by atoms with Gasteiger partial charge in [-0.25, -0.2) is 4.39 Å². The summed E-state index contributed by atoms with van der Waals surface area (Å²) < 4.78 is 18.6. The molecule has 0 aliphatic rings. The molecule has 1 aromatic rings. The van der Waals surface area contributed by atoms with Crippen LogP contribution in [0.3, 0.4) is 0 Å². The summed E-state index contributed by atoms with van der Waals surface area (Å²) in [6, 6.07) is 1.80. The predicted molar refractivity (Wildman–Crippen MR) is 70.9 cm³/mol. The fraction of sp³-hybridized carbons (Fsp3) is 0.417. The number of hydrogen-bond donors (Lipinski definition) is 1. The van der Waals surface area contributed by atoms with E-state index in [4.69, 9.17) is 10.5 Å². The minimum atomic E-state index is -0.878. The summed E-state index contributed by atoms with van der Waals surface area (Å²) in [5.41, 5.74) is 4.11. The molecule has 8 heteroatoms. The van der Waals surface area contributed by atoms with Crippen molar-refractivity contribution >= 4 is 17.3 Å². The standard InChI is InChI=1S/C12H16FN3O4/c1-15(6-3-7-20-2)12(17)10-8(13)4-5-9(11(10)14)16(18)19/h4-5H,3,6-7,14H2,1-2H3. The van der Waals surface area contributed by atoms with Crippen LogP contribution in [0, 0.1) is 15.9 Å². The Bertz CT molecular complexity index is 522. The molecular weight excluding hydrogens is 269 g/mol. The Kier molecular flexibility index (Phi) is 5.39. The zero-order chi connectivity index (χ0) is 15.3. The van der Waals surface area contributed by atoms with Crippen LogP contribution in [0.15, 0.2) is 12.1 Å². The molecule has 2 N–H and O–H groups in total. The molecule has 110 valence electrons. The van der Waals surface area contributed by atoms with Crippen LogP contribution in [0.25, 0.3) is 0 Å². The van der Waals surface area contributed by atoms with Gasteiger partial charge in [0.15, 0.2) is 0 Å². The number of benzene rings is 1. The molecule has 0 heterocycles. The molecule has 20 heavy (non-hydrogen) atoms. The van der Waals surface area contributed by atoms with Gasteiger partial charge in [0.1, 0.15) is 17.1 Å². The van der Waals surface area contributed by atoms with E-state index in [1.54, 1.807) is 0 Å². The Morgan fingerprint density at radius 2 is 2.20 bits per heavy atom. The largest absolute Gasteiger partial charge is 0.392 e. The van der Waals surface area contributed by atoms with Crippen molar-refractivity contribution in [1.82, 2.24) is 4.90 Å². The van der Waals surface area contributed by atoms with Crippen molar-refractivity contribution in [3.63, 3.8) is 0 Å². The zero-order valence-corrected chi connectivity index (χ0v) is 11.3. The molecule has 0 unspecified atom stereocenters. The van der Waals surface area contributed by atoms with Gasteiger partial charge in [-0.3, -0.25) is 14.9 Å². The van der Waals surface area contributed by atoms with E-state index in [0.29, 0.717) is 19.6 Å². The summed E-state index contributed by atoms with van der Waals surface area (Å²) >= 11 is 0. The predicted octanol–water partition coefficient (Wildman–Crippen LogP) is 1.42. The van der Waals surface area contributed by atoms with E-state index in [1.165, 1.54) is 19.1 Å². The van der Waals surface area contributed by atoms with Gasteiger partial charge in [0, 0.05) is 33.4 Å².